The molecule has 1 amide bonds. The molecule has 2 N–H and O–H groups in total. The molecule has 1 aliphatic rings. The first-order valence-corrected chi connectivity index (χ1v) is 7.52. The van der Waals surface area contributed by atoms with Gasteiger partial charge in [0, 0.05) is 32.4 Å². The van der Waals surface area contributed by atoms with Crippen molar-refractivity contribution in [2.75, 3.05) is 38.1 Å². The highest BCUT2D eigenvalue weighted by atomic mass is 16.1. The summed E-state index contributed by atoms with van der Waals surface area (Å²) in [7, 11) is 2.09. The van der Waals surface area contributed by atoms with Crippen LogP contribution in [0, 0.1) is 5.92 Å². The molecule has 20 heavy (non-hydrogen) atoms. The molecule has 0 aromatic heterocycles. The minimum Gasteiger partial charge on any atom is -0.375 e. The van der Waals surface area contributed by atoms with Crippen LogP contribution < -0.4 is 15.5 Å². The minimum atomic E-state index is 0.163. The highest BCUT2D eigenvalue weighted by molar-refractivity contribution is 5.78. The third-order valence-corrected chi connectivity index (χ3v) is 3.83. The molecular weight excluding hydrogens is 250 g/mol. The number of anilines is 1. The summed E-state index contributed by atoms with van der Waals surface area (Å²) in [6, 6.07) is 10.3. The Morgan fingerprint density at radius 1 is 1.40 bits per heavy atom. The van der Waals surface area contributed by atoms with Crippen molar-refractivity contribution >= 4 is 11.6 Å². The van der Waals surface area contributed by atoms with E-state index in [9.17, 15) is 4.79 Å². The Balaban J connectivity index is 1.62. The second kappa shape index (κ2) is 7.90. The van der Waals surface area contributed by atoms with Gasteiger partial charge < -0.3 is 15.5 Å². The fraction of sp³-hybridized carbons (Fsp3) is 0.562. The molecule has 1 fully saturated rings. The molecular formula is C16H25N3O. The van der Waals surface area contributed by atoms with Crippen LogP contribution in [0.3, 0.4) is 0 Å². The number of hydrogen-bond acceptors (Lipinski definition) is 3. The van der Waals surface area contributed by atoms with Crippen LogP contribution in [0.2, 0.25) is 0 Å². The maximum Gasteiger partial charge on any atom is 0.224 e. The summed E-state index contributed by atoms with van der Waals surface area (Å²) in [6.45, 7) is 3.58. The monoisotopic (exact) mass is 275 g/mol. The van der Waals surface area contributed by atoms with Gasteiger partial charge in [0.25, 0.3) is 0 Å². The van der Waals surface area contributed by atoms with Gasteiger partial charge in [0.1, 0.15) is 0 Å². The van der Waals surface area contributed by atoms with Crippen molar-refractivity contribution in [1.82, 2.24) is 10.6 Å². The normalized spacial score (nSPS) is 18.6. The lowest BCUT2D eigenvalue weighted by molar-refractivity contribution is -0.125. The van der Waals surface area contributed by atoms with E-state index in [2.05, 4.69) is 34.7 Å². The zero-order chi connectivity index (χ0) is 14.2. The highest BCUT2D eigenvalue weighted by Gasteiger charge is 2.19. The molecule has 2 rings (SSSR count). The van der Waals surface area contributed by atoms with Crippen LogP contribution in [0.5, 0.6) is 0 Å². The van der Waals surface area contributed by atoms with E-state index in [0.29, 0.717) is 0 Å². The Kier molecular flexibility index (Phi) is 5.87. The average Bonchev–Trinajstić information content (AvgIpc) is 2.53. The highest BCUT2D eigenvalue weighted by Crippen LogP contribution is 2.11. The van der Waals surface area contributed by atoms with Gasteiger partial charge in [-0.1, -0.05) is 18.2 Å². The average molecular weight is 275 g/mol. The van der Waals surface area contributed by atoms with E-state index in [-0.39, 0.29) is 11.8 Å². The number of amides is 1. The Labute approximate surface area is 121 Å². The number of rotatable bonds is 6. The molecule has 0 spiro atoms. The maximum atomic E-state index is 11.9. The molecule has 1 aliphatic heterocycles. The van der Waals surface area contributed by atoms with Gasteiger partial charge in [-0.25, -0.2) is 0 Å². The maximum absolute atomic E-state index is 11.9. The summed E-state index contributed by atoms with van der Waals surface area (Å²) in [5.41, 5.74) is 1.22. The molecule has 0 saturated carbocycles. The minimum absolute atomic E-state index is 0.163. The predicted octanol–water partition coefficient (Wildman–Crippen LogP) is 1.63. The third kappa shape index (κ3) is 4.53. The molecule has 0 bridgehead atoms. The first kappa shape index (κ1) is 14.9. The van der Waals surface area contributed by atoms with Gasteiger partial charge in [0.05, 0.1) is 5.92 Å². The molecule has 1 aromatic rings. The molecule has 0 aliphatic carbocycles. The molecule has 1 unspecified atom stereocenters. The Morgan fingerprint density at radius 2 is 2.20 bits per heavy atom. The Bertz CT molecular complexity index is 401. The number of hydrogen-bond donors (Lipinski definition) is 2. The summed E-state index contributed by atoms with van der Waals surface area (Å²) < 4.78 is 0. The van der Waals surface area contributed by atoms with E-state index in [1.165, 1.54) is 5.69 Å². The van der Waals surface area contributed by atoms with Crippen LogP contribution in [-0.2, 0) is 4.79 Å². The Hall–Kier alpha value is -1.55. The number of carbonyl (C=O) groups excluding carboxylic acids is 1. The van der Waals surface area contributed by atoms with Crippen LogP contribution in [0.15, 0.2) is 30.3 Å². The summed E-state index contributed by atoms with van der Waals surface area (Å²) in [5.74, 6) is 0.371. The molecule has 1 aromatic carbocycles. The van der Waals surface area contributed by atoms with Crippen molar-refractivity contribution in [3.63, 3.8) is 0 Å². The Morgan fingerprint density at radius 3 is 2.90 bits per heavy atom. The molecule has 1 atom stereocenters. The van der Waals surface area contributed by atoms with Gasteiger partial charge in [-0.2, -0.15) is 0 Å². The molecule has 1 saturated heterocycles. The van der Waals surface area contributed by atoms with Gasteiger partial charge in [0.15, 0.2) is 0 Å². The lowest BCUT2D eigenvalue weighted by Gasteiger charge is -2.22. The van der Waals surface area contributed by atoms with Crippen molar-refractivity contribution in [2.45, 2.75) is 19.3 Å². The van der Waals surface area contributed by atoms with Crippen molar-refractivity contribution in [3.8, 4) is 0 Å². The largest absolute Gasteiger partial charge is 0.375 e. The lowest BCUT2D eigenvalue weighted by atomic mass is 9.99. The van der Waals surface area contributed by atoms with Gasteiger partial charge in [-0.05, 0) is 37.9 Å². The van der Waals surface area contributed by atoms with Gasteiger partial charge in [-0.3, -0.25) is 4.79 Å². The predicted molar refractivity (Wildman–Crippen MR) is 82.9 cm³/mol. The number of nitrogens with one attached hydrogen (secondary N) is 2. The fourth-order valence-electron chi connectivity index (χ4n) is 2.56. The van der Waals surface area contributed by atoms with Crippen LogP contribution in [0.4, 0.5) is 5.69 Å². The summed E-state index contributed by atoms with van der Waals surface area (Å²) >= 11 is 0. The van der Waals surface area contributed by atoms with Crippen LogP contribution in [0.1, 0.15) is 19.3 Å². The second-order valence-electron chi connectivity index (χ2n) is 5.44. The molecule has 4 nitrogen and oxygen atoms in total. The standard InChI is InChI=1S/C16H25N3O/c1-19(15-8-3-2-4-9-15)12-6-11-18-16(20)14-7-5-10-17-13-14/h2-4,8-9,14,17H,5-7,10-13H2,1H3,(H,18,20). The van der Waals surface area contributed by atoms with E-state index in [1.807, 2.05) is 18.2 Å². The fourth-order valence-corrected chi connectivity index (χ4v) is 2.56. The first-order valence-electron chi connectivity index (χ1n) is 7.52. The summed E-state index contributed by atoms with van der Waals surface area (Å²) in [4.78, 5) is 14.2. The van der Waals surface area contributed by atoms with E-state index >= 15 is 0 Å². The van der Waals surface area contributed by atoms with Crippen molar-refractivity contribution in [3.05, 3.63) is 30.3 Å². The first-order chi connectivity index (χ1) is 9.77. The van der Waals surface area contributed by atoms with Crippen LogP contribution in [-0.4, -0.2) is 39.1 Å². The summed E-state index contributed by atoms with van der Waals surface area (Å²) in [5, 5.41) is 6.33. The molecule has 0 radical (unpaired) electrons. The van der Waals surface area contributed by atoms with E-state index < -0.39 is 0 Å². The zero-order valence-electron chi connectivity index (χ0n) is 12.3. The van der Waals surface area contributed by atoms with Crippen molar-refractivity contribution < 1.29 is 4.79 Å². The summed E-state index contributed by atoms with van der Waals surface area (Å²) in [6.07, 6.45) is 3.09. The van der Waals surface area contributed by atoms with E-state index in [0.717, 1.165) is 45.4 Å². The van der Waals surface area contributed by atoms with E-state index in [1.54, 1.807) is 0 Å². The van der Waals surface area contributed by atoms with Gasteiger partial charge in [0.2, 0.25) is 5.91 Å². The number of piperidine rings is 1. The van der Waals surface area contributed by atoms with Crippen LogP contribution >= 0.6 is 0 Å². The number of para-hydroxylation sites is 1. The molecule has 110 valence electrons. The van der Waals surface area contributed by atoms with Gasteiger partial charge >= 0.3 is 0 Å². The van der Waals surface area contributed by atoms with Gasteiger partial charge in [-0.15, -0.1) is 0 Å². The van der Waals surface area contributed by atoms with Crippen molar-refractivity contribution in [1.29, 1.82) is 0 Å². The zero-order valence-corrected chi connectivity index (χ0v) is 12.3. The molecule has 1 heterocycles. The number of nitrogens with zero attached hydrogens (tertiary/aromatic N) is 1. The van der Waals surface area contributed by atoms with Crippen LogP contribution in [0.25, 0.3) is 0 Å². The smallest absolute Gasteiger partial charge is 0.224 e. The lowest BCUT2D eigenvalue weighted by Crippen LogP contribution is -2.41. The second-order valence-corrected chi connectivity index (χ2v) is 5.44. The quantitative estimate of drug-likeness (QED) is 0.776. The number of benzene rings is 1. The molecule has 4 heteroatoms. The topological polar surface area (TPSA) is 44.4 Å². The third-order valence-electron chi connectivity index (χ3n) is 3.83. The van der Waals surface area contributed by atoms with Crippen molar-refractivity contribution in [2.24, 2.45) is 5.92 Å². The number of carbonyl (C=O) groups is 1. The SMILES string of the molecule is CN(CCCNC(=O)C1CCCNC1)c1ccccc1. The van der Waals surface area contributed by atoms with E-state index in [4.69, 9.17) is 0 Å².